The van der Waals surface area contributed by atoms with Crippen LogP contribution >= 0.6 is 0 Å². The summed E-state index contributed by atoms with van der Waals surface area (Å²) < 4.78 is 5.09. The molecule has 2 N–H and O–H groups in total. The van der Waals surface area contributed by atoms with Crippen molar-refractivity contribution in [2.24, 2.45) is 0 Å². The minimum Gasteiger partial charge on any atom is -0.512 e. The van der Waals surface area contributed by atoms with Crippen LogP contribution in [-0.2, 0) is 5.41 Å². The maximum absolute atomic E-state index is 9.22. The van der Waals surface area contributed by atoms with Crippen molar-refractivity contribution in [2.75, 3.05) is 4.90 Å². The van der Waals surface area contributed by atoms with Crippen LogP contribution in [-0.4, -0.2) is 17.4 Å². The van der Waals surface area contributed by atoms with Crippen LogP contribution in [0.15, 0.2) is 109 Å². The van der Waals surface area contributed by atoms with Gasteiger partial charge in [-0.3, -0.25) is 0 Å². The van der Waals surface area contributed by atoms with Gasteiger partial charge in [-0.05, 0) is 75.5 Å². The average Bonchev–Trinajstić information content (AvgIpc) is 2.88. The molecule has 0 aromatic heterocycles. The highest BCUT2D eigenvalue weighted by atomic mass is 16.6. The molecule has 0 amide bonds. The highest BCUT2D eigenvalue weighted by molar-refractivity contribution is 6.33. The van der Waals surface area contributed by atoms with Gasteiger partial charge in [0.05, 0.1) is 11.4 Å². The van der Waals surface area contributed by atoms with Crippen LogP contribution in [0.1, 0.15) is 25.0 Å². The second-order valence-corrected chi connectivity index (χ2v) is 9.71. The largest absolute Gasteiger partial charge is 0.707 e. The Hall–Kier alpha value is -4.06. The van der Waals surface area contributed by atoms with Gasteiger partial charge in [-0.15, -0.1) is 0 Å². The first kappa shape index (κ1) is 22.4. The lowest BCUT2D eigenvalue weighted by atomic mass is 9.73. The minimum atomic E-state index is -1.85. The highest BCUT2D eigenvalue weighted by Gasteiger charge is 2.37. The fraction of sp³-hybridized carbons (Fsp3) is 0.0968. The molecule has 0 atom stereocenters. The van der Waals surface area contributed by atoms with Crippen molar-refractivity contribution in [3.05, 3.63) is 120 Å². The first-order chi connectivity index (χ1) is 17.4. The molecular formula is C31H26BNO3. The van der Waals surface area contributed by atoms with Crippen LogP contribution in [0, 0.1) is 0 Å². The van der Waals surface area contributed by atoms with E-state index in [0.717, 1.165) is 22.5 Å². The van der Waals surface area contributed by atoms with E-state index in [2.05, 4.69) is 104 Å². The maximum atomic E-state index is 9.22. The average molecular weight is 471 g/mol. The van der Waals surface area contributed by atoms with Crippen molar-refractivity contribution < 1.29 is 14.7 Å². The zero-order chi connectivity index (χ0) is 24.9. The SMILES string of the molecule is CC1(C)c2ccccc2N(c2ccc3ccccc3c2)c2ccc(-c3cccc(OB(O)O)c3)cc21. The third kappa shape index (κ3) is 3.74. The molecule has 5 aromatic carbocycles. The van der Waals surface area contributed by atoms with E-state index in [-0.39, 0.29) is 5.41 Å². The van der Waals surface area contributed by atoms with Crippen LogP contribution in [0.4, 0.5) is 17.1 Å². The zero-order valence-corrected chi connectivity index (χ0v) is 20.2. The van der Waals surface area contributed by atoms with E-state index in [1.807, 2.05) is 18.2 Å². The fourth-order valence-corrected chi connectivity index (χ4v) is 5.35. The summed E-state index contributed by atoms with van der Waals surface area (Å²) >= 11 is 0. The maximum Gasteiger partial charge on any atom is 0.707 e. The molecular weight excluding hydrogens is 445 g/mol. The number of para-hydroxylation sites is 1. The molecule has 0 fully saturated rings. The summed E-state index contributed by atoms with van der Waals surface area (Å²) in [6.45, 7) is 4.54. The van der Waals surface area contributed by atoms with E-state index in [0.29, 0.717) is 5.75 Å². The van der Waals surface area contributed by atoms with Gasteiger partial charge in [-0.1, -0.05) is 80.6 Å². The van der Waals surface area contributed by atoms with Crippen LogP contribution in [0.25, 0.3) is 21.9 Å². The quantitative estimate of drug-likeness (QED) is 0.278. The van der Waals surface area contributed by atoms with Crippen molar-refractivity contribution in [2.45, 2.75) is 19.3 Å². The van der Waals surface area contributed by atoms with Crippen molar-refractivity contribution in [1.29, 1.82) is 0 Å². The van der Waals surface area contributed by atoms with Gasteiger partial charge in [0, 0.05) is 11.1 Å². The number of fused-ring (bicyclic) bond motifs is 3. The molecule has 1 aliphatic heterocycles. The molecule has 0 spiro atoms. The number of nitrogens with zero attached hydrogens (tertiary/aromatic N) is 1. The summed E-state index contributed by atoms with van der Waals surface area (Å²) in [5, 5.41) is 20.9. The second kappa shape index (κ2) is 8.56. The minimum absolute atomic E-state index is 0.218. The standard InChI is InChI=1S/C31H26BNO3/c1-31(2)27-12-5-6-13-29(27)33(25-16-14-21-8-3-4-9-22(21)18-25)30-17-15-24(20-28(30)31)23-10-7-11-26(19-23)36-32(34)35/h3-20,34-35H,1-2H3. The molecule has 0 unspecified atom stereocenters. The smallest absolute Gasteiger partial charge is 0.512 e. The van der Waals surface area contributed by atoms with E-state index >= 15 is 0 Å². The van der Waals surface area contributed by atoms with E-state index in [9.17, 15) is 10.0 Å². The first-order valence-corrected chi connectivity index (χ1v) is 12.1. The Bertz CT molecular complexity index is 1590. The zero-order valence-electron chi connectivity index (χ0n) is 20.2. The summed E-state index contributed by atoms with van der Waals surface area (Å²) in [5.74, 6) is 0.405. The summed E-state index contributed by atoms with van der Waals surface area (Å²) in [4.78, 5) is 2.35. The Labute approximate surface area is 211 Å². The van der Waals surface area contributed by atoms with Crippen LogP contribution in [0.2, 0.25) is 0 Å². The molecule has 0 saturated carbocycles. The molecule has 4 nitrogen and oxygen atoms in total. The normalized spacial score (nSPS) is 13.7. The van der Waals surface area contributed by atoms with Crippen LogP contribution in [0.3, 0.4) is 0 Å². The summed E-state index contributed by atoms with van der Waals surface area (Å²) in [6, 6.07) is 37.6. The Balaban J connectivity index is 1.53. The molecule has 176 valence electrons. The van der Waals surface area contributed by atoms with Crippen molar-refractivity contribution in [3.8, 4) is 16.9 Å². The molecule has 0 bridgehead atoms. The van der Waals surface area contributed by atoms with E-state index in [4.69, 9.17) is 4.65 Å². The van der Waals surface area contributed by atoms with Crippen LogP contribution < -0.4 is 9.55 Å². The number of hydrogen-bond acceptors (Lipinski definition) is 4. The number of rotatable bonds is 4. The van der Waals surface area contributed by atoms with Gasteiger partial charge in [0.15, 0.2) is 0 Å². The highest BCUT2D eigenvalue weighted by Crippen LogP contribution is 2.52. The summed E-state index contributed by atoms with van der Waals surface area (Å²) in [7, 11) is -1.85. The Morgan fingerprint density at radius 2 is 1.36 bits per heavy atom. The molecule has 1 heterocycles. The van der Waals surface area contributed by atoms with Crippen LogP contribution in [0.5, 0.6) is 5.75 Å². The van der Waals surface area contributed by atoms with Gasteiger partial charge in [0.2, 0.25) is 0 Å². The van der Waals surface area contributed by atoms with E-state index < -0.39 is 7.32 Å². The van der Waals surface area contributed by atoms with E-state index in [1.54, 1.807) is 6.07 Å². The van der Waals surface area contributed by atoms with Crippen molar-refractivity contribution in [1.82, 2.24) is 0 Å². The first-order valence-electron chi connectivity index (χ1n) is 12.1. The van der Waals surface area contributed by atoms with Crippen molar-refractivity contribution in [3.63, 3.8) is 0 Å². The molecule has 6 rings (SSSR count). The molecule has 0 radical (unpaired) electrons. The van der Waals surface area contributed by atoms with E-state index in [1.165, 1.54) is 27.6 Å². The molecule has 36 heavy (non-hydrogen) atoms. The van der Waals surface area contributed by atoms with Gasteiger partial charge in [-0.2, -0.15) is 0 Å². The molecule has 5 heteroatoms. The van der Waals surface area contributed by atoms with Gasteiger partial charge in [0.1, 0.15) is 5.75 Å². The van der Waals surface area contributed by atoms with Gasteiger partial charge in [-0.25, -0.2) is 0 Å². The monoisotopic (exact) mass is 471 g/mol. The Kier molecular flexibility index (Phi) is 5.33. The Morgan fingerprint density at radius 1 is 0.639 bits per heavy atom. The summed E-state index contributed by atoms with van der Waals surface area (Å²) in [5.41, 5.74) is 7.72. The molecule has 0 aliphatic carbocycles. The topological polar surface area (TPSA) is 52.9 Å². The molecule has 0 saturated heterocycles. The fourth-order valence-electron chi connectivity index (χ4n) is 5.35. The lowest BCUT2D eigenvalue weighted by Gasteiger charge is -2.42. The van der Waals surface area contributed by atoms with Gasteiger partial charge >= 0.3 is 7.32 Å². The third-order valence-corrected chi connectivity index (χ3v) is 7.13. The number of anilines is 3. The summed E-state index contributed by atoms with van der Waals surface area (Å²) in [6.07, 6.45) is 0. The number of benzene rings is 5. The van der Waals surface area contributed by atoms with Gasteiger partial charge in [0.25, 0.3) is 0 Å². The van der Waals surface area contributed by atoms with Crippen molar-refractivity contribution >= 4 is 35.2 Å². The third-order valence-electron chi connectivity index (χ3n) is 7.13. The number of hydrogen-bond donors (Lipinski definition) is 2. The lowest BCUT2D eigenvalue weighted by molar-refractivity contribution is 0.288. The second-order valence-electron chi connectivity index (χ2n) is 9.71. The Morgan fingerprint density at radius 3 is 2.19 bits per heavy atom. The predicted octanol–water partition coefficient (Wildman–Crippen LogP) is 6.96. The predicted molar refractivity (Wildman–Crippen MR) is 147 cm³/mol. The molecule has 5 aromatic rings. The lowest BCUT2D eigenvalue weighted by Crippen LogP contribution is -2.30. The van der Waals surface area contributed by atoms with Gasteiger partial charge < -0.3 is 19.6 Å². The molecule has 1 aliphatic rings.